The van der Waals surface area contributed by atoms with Gasteiger partial charge in [0.1, 0.15) is 0 Å². The van der Waals surface area contributed by atoms with Gasteiger partial charge in [-0.1, -0.05) is 42.0 Å². The van der Waals surface area contributed by atoms with Crippen molar-refractivity contribution < 1.29 is 8.42 Å². The number of fused-ring (bicyclic) bond motifs is 1. The molecule has 1 heterocycles. The summed E-state index contributed by atoms with van der Waals surface area (Å²) in [6.45, 7) is 1.97. The zero-order valence-corrected chi connectivity index (χ0v) is 13.5. The lowest BCUT2D eigenvalue weighted by Crippen LogP contribution is -2.32. The second-order valence-corrected chi connectivity index (χ2v) is 7.36. The normalized spacial score (nSPS) is 14.4. The number of nitrogens with zero attached hydrogens (tertiary/aromatic N) is 2. The van der Waals surface area contributed by atoms with Gasteiger partial charge in [-0.05, 0) is 37.1 Å². The fraction of sp³-hybridized carbons (Fsp3) is 0.167. The minimum absolute atomic E-state index is 0.0592. The molecule has 0 unspecified atom stereocenters. The van der Waals surface area contributed by atoms with Gasteiger partial charge >= 0.3 is 0 Å². The number of hydrogen-bond acceptors (Lipinski definition) is 3. The molecule has 0 N–H and O–H groups in total. The van der Waals surface area contributed by atoms with E-state index >= 15 is 0 Å². The van der Waals surface area contributed by atoms with E-state index in [1.54, 1.807) is 36.4 Å². The number of hydrogen-bond donors (Lipinski definition) is 0. The monoisotopic (exact) mass is 324 g/mol. The maximum atomic E-state index is 13.1. The Morgan fingerprint density at radius 3 is 2.48 bits per heavy atom. The van der Waals surface area contributed by atoms with Crippen molar-refractivity contribution in [2.45, 2.75) is 18.2 Å². The van der Waals surface area contributed by atoms with E-state index in [0.29, 0.717) is 17.7 Å². The summed E-state index contributed by atoms with van der Waals surface area (Å²) < 4.78 is 27.5. The van der Waals surface area contributed by atoms with Crippen molar-refractivity contribution in [2.24, 2.45) is 0 Å². The first-order valence-corrected chi connectivity index (χ1v) is 8.73. The molecule has 1 aliphatic heterocycles. The van der Waals surface area contributed by atoms with Crippen LogP contribution in [-0.4, -0.2) is 15.0 Å². The highest BCUT2D eigenvalue weighted by molar-refractivity contribution is 7.92. The van der Waals surface area contributed by atoms with Crippen LogP contribution in [-0.2, 0) is 16.4 Å². The molecule has 0 saturated heterocycles. The first-order valence-electron chi connectivity index (χ1n) is 7.29. The average Bonchev–Trinajstić information content (AvgIpc) is 2.75. The van der Waals surface area contributed by atoms with Gasteiger partial charge in [-0.3, -0.25) is 4.31 Å². The van der Waals surface area contributed by atoms with Crippen molar-refractivity contribution in [2.75, 3.05) is 10.8 Å². The molecule has 3 rings (SSSR count). The van der Waals surface area contributed by atoms with Crippen molar-refractivity contribution in [3.63, 3.8) is 0 Å². The maximum Gasteiger partial charge on any atom is 0.264 e. The predicted octanol–water partition coefficient (Wildman–Crippen LogP) is 3.20. The molecule has 0 aliphatic carbocycles. The highest BCUT2D eigenvalue weighted by Gasteiger charge is 2.28. The van der Waals surface area contributed by atoms with Crippen LogP contribution >= 0.6 is 0 Å². The number of sulfonamides is 1. The van der Waals surface area contributed by atoms with Gasteiger partial charge in [0.15, 0.2) is 0 Å². The summed E-state index contributed by atoms with van der Waals surface area (Å²) >= 11 is 0. The second kappa shape index (κ2) is 5.90. The fourth-order valence-corrected chi connectivity index (χ4v) is 4.08. The molecule has 4 nitrogen and oxygen atoms in total. The molecule has 0 atom stereocenters. The Bertz CT molecular complexity index is 907. The van der Waals surface area contributed by atoms with Crippen LogP contribution in [0.25, 0.3) is 0 Å². The SMILES string of the molecule is Cc1ccc(S(=O)(=O)N2CC(C#N)=CCc3ccccc32)cc1. The van der Waals surface area contributed by atoms with E-state index in [1.165, 1.54) is 4.31 Å². The zero-order chi connectivity index (χ0) is 16.4. The molecule has 116 valence electrons. The molecular formula is C18H16N2O2S. The van der Waals surface area contributed by atoms with Crippen molar-refractivity contribution >= 4 is 15.7 Å². The molecule has 0 saturated carbocycles. The third kappa shape index (κ3) is 2.86. The van der Waals surface area contributed by atoms with Gasteiger partial charge in [0.25, 0.3) is 10.0 Å². The lowest BCUT2D eigenvalue weighted by atomic mass is 10.1. The minimum atomic E-state index is -3.72. The van der Waals surface area contributed by atoms with Crippen molar-refractivity contribution in [1.29, 1.82) is 5.26 Å². The molecule has 23 heavy (non-hydrogen) atoms. The quantitative estimate of drug-likeness (QED) is 0.852. The summed E-state index contributed by atoms with van der Waals surface area (Å²) in [5, 5.41) is 9.25. The first kappa shape index (κ1) is 15.3. The van der Waals surface area contributed by atoms with Crippen LogP contribution in [0.2, 0.25) is 0 Å². The van der Waals surface area contributed by atoms with Crippen molar-refractivity contribution in [1.82, 2.24) is 0 Å². The lowest BCUT2D eigenvalue weighted by Gasteiger charge is -2.24. The Labute approximate surface area is 136 Å². The van der Waals surface area contributed by atoms with E-state index in [0.717, 1.165) is 11.1 Å². The van der Waals surface area contributed by atoms with E-state index in [9.17, 15) is 13.7 Å². The largest absolute Gasteiger partial charge is 0.264 e. The highest BCUT2D eigenvalue weighted by Crippen LogP contribution is 2.30. The zero-order valence-electron chi connectivity index (χ0n) is 12.7. The Balaban J connectivity index is 2.14. The highest BCUT2D eigenvalue weighted by atomic mass is 32.2. The van der Waals surface area contributed by atoms with E-state index in [-0.39, 0.29) is 11.4 Å². The average molecular weight is 324 g/mol. The van der Waals surface area contributed by atoms with Crippen LogP contribution in [0.15, 0.2) is 65.1 Å². The fourth-order valence-electron chi connectivity index (χ4n) is 2.60. The summed E-state index contributed by atoms with van der Waals surface area (Å²) in [5.41, 5.74) is 2.98. The van der Waals surface area contributed by atoms with E-state index < -0.39 is 10.0 Å². The first-order chi connectivity index (χ1) is 11.0. The maximum absolute atomic E-state index is 13.1. The number of rotatable bonds is 2. The standard InChI is InChI=1S/C18H16N2O2S/c1-14-6-10-17(11-7-14)23(21,22)20-13-15(12-19)8-9-16-4-2-3-5-18(16)20/h2-8,10-11H,9,13H2,1H3. The lowest BCUT2D eigenvalue weighted by molar-refractivity contribution is 0.592. The van der Waals surface area contributed by atoms with Gasteiger partial charge in [-0.2, -0.15) is 5.26 Å². The smallest absolute Gasteiger partial charge is 0.261 e. The molecule has 2 aromatic carbocycles. The Morgan fingerprint density at radius 1 is 1.09 bits per heavy atom. The van der Waals surface area contributed by atoms with Gasteiger partial charge in [-0.25, -0.2) is 8.42 Å². The molecule has 0 fully saturated rings. The topological polar surface area (TPSA) is 61.2 Å². The summed E-state index contributed by atoms with van der Waals surface area (Å²) in [6, 6.07) is 16.2. The van der Waals surface area contributed by atoms with Gasteiger partial charge in [-0.15, -0.1) is 0 Å². The Morgan fingerprint density at radius 2 is 1.78 bits per heavy atom. The molecule has 0 bridgehead atoms. The molecule has 5 heteroatoms. The molecule has 2 aromatic rings. The van der Waals surface area contributed by atoms with E-state index in [4.69, 9.17) is 0 Å². The summed E-state index contributed by atoms with van der Waals surface area (Å²) in [6.07, 6.45) is 2.35. The minimum Gasteiger partial charge on any atom is -0.261 e. The van der Waals surface area contributed by atoms with Gasteiger partial charge in [0.2, 0.25) is 0 Å². The Kier molecular flexibility index (Phi) is 3.93. The van der Waals surface area contributed by atoms with Crippen LogP contribution in [0.1, 0.15) is 11.1 Å². The summed E-state index contributed by atoms with van der Waals surface area (Å²) in [7, 11) is -3.72. The molecule has 0 amide bonds. The van der Waals surface area contributed by atoms with Crippen LogP contribution < -0.4 is 4.31 Å². The molecular weight excluding hydrogens is 308 g/mol. The molecule has 0 spiro atoms. The molecule has 0 radical (unpaired) electrons. The third-order valence-corrected chi connectivity index (χ3v) is 5.67. The predicted molar refractivity (Wildman–Crippen MR) is 89.6 cm³/mol. The number of allylic oxidation sites excluding steroid dienone is 1. The number of benzene rings is 2. The number of para-hydroxylation sites is 1. The summed E-state index contributed by atoms with van der Waals surface area (Å²) in [4.78, 5) is 0.233. The number of anilines is 1. The van der Waals surface area contributed by atoms with Gasteiger partial charge in [0, 0.05) is 5.57 Å². The molecule has 1 aliphatic rings. The Hall–Kier alpha value is -2.58. The van der Waals surface area contributed by atoms with Crippen LogP contribution in [0.4, 0.5) is 5.69 Å². The van der Waals surface area contributed by atoms with E-state index in [1.807, 2.05) is 25.1 Å². The third-order valence-electron chi connectivity index (χ3n) is 3.90. The van der Waals surface area contributed by atoms with Crippen LogP contribution in [0.5, 0.6) is 0 Å². The van der Waals surface area contributed by atoms with Crippen LogP contribution in [0.3, 0.4) is 0 Å². The van der Waals surface area contributed by atoms with Crippen molar-refractivity contribution in [3.05, 3.63) is 71.3 Å². The molecule has 0 aromatic heterocycles. The van der Waals surface area contributed by atoms with Crippen LogP contribution in [0, 0.1) is 18.3 Å². The summed E-state index contributed by atoms with van der Waals surface area (Å²) in [5.74, 6) is 0. The van der Waals surface area contributed by atoms with E-state index in [2.05, 4.69) is 6.07 Å². The number of nitriles is 1. The number of aryl methyl sites for hydroxylation is 1. The van der Waals surface area contributed by atoms with Gasteiger partial charge < -0.3 is 0 Å². The second-order valence-electron chi connectivity index (χ2n) is 5.50. The van der Waals surface area contributed by atoms with Crippen molar-refractivity contribution in [3.8, 4) is 6.07 Å². The van der Waals surface area contributed by atoms with Gasteiger partial charge in [0.05, 0.1) is 23.2 Å².